The molecule has 0 bridgehead atoms. The van der Waals surface area contributed by atoms with E-state index in [2.05, 4.69) is 5.32 Å². The van der Waals surface area contributed by atoms with Gasteiger partial charge in [0.2, 0.25) is 0 Å². The first-order valence-corrected chi connectivity index (χ1v) is 5.69. The summed E-state index contributed by atoms with van der Waals surface area (Å²) in [5.41, 5.74) is 1.39. The van der Waals surface area contributed by atoms with Crippen LogP contribution in [0.5, 0.6) is 0 Å². The Morgan fingerprint density at radius 3 is 2.53 bits per heavy atom. The van der Waals surface area contributed by atoms with Crippen LogP contribution in [0.1, 0.15) is 28.8 Å². The molecule has 2 rings (SSSR count). The number of carboxylic acids is 1. The summed E-state index contributed by atoms with van der Waals surface area (Å²) in [6, 6.07) is 6.41. The number of hydrogen-bond donors (Lipinski definition) is 2. The molecule has 1 aromatic rings. The van der Waals surface area contributed by atoms with Crippen LogP contribution in [-0.2, 0) is 4.79 Å². The first-order valence-electron chi connectivity index (χ1n) is 5.69. The van der Waals surface area contributed by atoms with Gasteiger partial charge in [0.1, 0.15) is 6.04 Å². The van der Waals surface area contributed by atoms with Crippen molar-refractivity contribution >= 4 is 11.9 Å². The third-order valence-electron chi connectivity index (χ3n) is 3.04. The molecule has 1 fully saturated rings. The van der Waals surface area contributed by atoms with E-state index in [-0.39, 0.29) is 11.8 Å². The number of amides is 1. The van der Waals surface area contributed by atoms with Gasteiger partial charge in [-0.05, 0) is 37.3 Å². The molecule has 0 spiro atoms. The standard InChI is InChI=1S/C13H15NO3/c1-8-4-2-3-5-10(8)12(15)14-11(13(16)17)9-6-7-9/h2-5,9,11H,6-7H2,1H3,(H,14,15)(H,16,17). The molecule has 17 heavy (non-hydrogen) atoms. The lowest BCUT2D eigenvalue weighted by atomic mass is 10.1. The van der Waals surface area contributed by atoms with Gasteiger partial charge in [0.05, 0.1) is 0 Å². The zero-order chi connectivity index (χ0) is 12.4. The molecule has 1 amide bonds. The third-order valence-corrected chi connectivity index (χ3v) is 3.04. The van der Waals surface area contributed by atoms with E-state index in [4.69, 9.17) is 5.11 Å². The normalized spacial score (nSPS) is 16.3. The van der Waals surface area contributed by atoms with Gasteiger partial charge in [0, 0.05) is 5.56 Å². The molecule has 1 saturated carbocycles. The monoisotopic (exact) mass is 233 g/mol. The summed E-state index contributed by atoms with van der Waals surface area (Å²) in [4.78, 5) is 23.0. The Hall–Kier alpha value is -1.84. The van der Waals surface area contributed by atoms with Crippen LogP contribution in [0.4, 0.5) is 0 Å². The molecule has 90 valence electrons. The van der Waals surface area contributed by atoms with Crippen LogP contribution in [0.25, 0.3) is 0 Å². The Bertz CT molecular complexity index is 452. The molecular formula is C13H15NO3. The van der Waals surface area contributed by atoms with Crippen molar-refractivity contribution in [2.24, 2.45) is 5.92 Å². The number of aryl methyl sites for hydroxylation is 1. The van der Waals surface area contributed by atoms with E-state index in [1.807, 2.05) is 19.1 Å². The van der Waals surface area contributed by atoms with E-state index in [1.54, 1.807) is 12.1 Å². The smallest absolute Gasteiger partial charge is 0.326 e. The molecule has 1 aromatic carbocycles. The minimum absolute atomic E-state index is 0.0977. The summed E-state index contributed by atoms with van der Waals surface area (Å²) in [5, 5.41) is 11.6. The molecule has 0 heterocycles. The fraction of sp³-hybridized carbons (Fsp3) is 0.385. The SMILES string of the molecule is Cc1ccccc1C(=O)NC(C(=O)O)C1CC1. The van der Waals surface area contributed by atoms with Crippen LogP contribution in [0.3, 0.4) is 0 Å². The van der Waals surface area contributed by atoms with Gasteiger partial charge >= 0.3 is 5.97 Å². The van der Waals surface area contributed by atoms with Crippen LogP contribution >= 0.6 is 0 Å². The van der Waals surface area contributed by atoms with Crippen molar-refractivity contribution in [1.29, 1.82) is 0 Å². The van der Waals surface area contributed by atoms with Crippen LogP contribution in [-0.4, -0.2) is 23.0 Å². The second kappa shape index (κ2) is 4.57. The molecule has 0 aliphatic heterocycles. The number of benzene rings is 1. The molecule has 0 radical (unpaired) electrons. The van der Waals surface area contributed by atoms with Crippen LogP contribution in [0.2, 0.25) is 0 Å². The second-order valence-electron chi connectivity index (χ2n) is 4.44. The highest BCUT2D eigenvalue weighted by Crippen LogP contribution is 2.32. The zero-order valence-electron chi connectivity index (χ0n) is 9.64. The predicted octanol–water partition coefficient (Wildman–Crippen LogP) is 1.59. The molecule has 1 atom stereocenters. The summed E-state index contributed by atoms with van der Waals surface area (Å²) in [6.07, 6.45) is 1.76. The maximum atomic E-state index is 11.9. The Morgan fingerprint density at radius 2 is 2.00 bits per heavy atom. The van der Waals surface area contributed by atoms with Crippen LogP contribution in [0.15, 0.2) is 24.3 Å². The largest absolute Gasteiger partial charge is 0.480 e. The summed E-state index contributed by atoms with van der Waals surface area (Å²) < 4.78 is 0. The predicted molar refractivity (Wildman–Crippen MR) is 62.8 cm³/mol. The Kier molecular flexibility index (Phi) is 3.13. The zero-order valence-corrected chi connectivity index (χ0v) is 9.64. The van der Waals surface area contributed by atoms with Crippen molar-refractivity contribution in [2.45, 2.75) is 25.8 Å². The van der Waals surface area contributed by atoms with Gasteiger partial charge in [0.15, 0.2) is 0 Å². The van der Waals surface area contributed by atoms with Crippen molar-refractivity contribution in [2.75, 3.05) is 0 Å². The lowest BCUT2D eigenvalue weighted by molar-refractivity contribution is -0.139. The minimum atomic E-state index is -0.950. The minimum Gasteiger partial charge on any atom is -0.480 e. The summed E-state index contributed by atoms with van der Waals surface area (Å²) in [5.74, 6) is -1.16. The highest BCUT2D eigenvalue weighted by molar-refractivity contribution is 5.97. The average molecular weight is 233 g/mol. The quantitative estimate of drug-likeness (QED) is 0.829. The number of carbonyl (C=O) groups excluding carboxylic acids is 1. The number of nitrogens with one attached hydrogen (secondary N) is 1. The molecule has 1 aliphatic rings. The topological polar surface area (TPSA) is 66.4 Å². The lowest BCUT2D eigenvalue weighted by Crippen LogP contribution is -2.42. The Balaban J connectivity index is 2.10. The van der Waals surface area contributed by atoms with E-state index in [0.29, 0.717) is 5.56 Å². The fourth-order valence-electron chi connectivity index (χ4n) is 1.86. The van der Waals surface area contributed by atoms with Crippen molar-refractivity contribution in [3.8, 4) is 0 Å². The maximum absolute atomic E-state index is 11.9. The summed E-state index contributed by atoms with van der Waals surface area (Å²) >= 11 is 0. The fourth-order valence-corrected chi connectivity index (χ4v) is 1.86. The average Bonchev–Trinajstić information content (AvgIpc) is 3.09. The number of aliphatic carboxylic acids is 1. The van der Waals surface area contributed by atoms with Crippen LogP contribution < -0.4 is 5.32 Å². The molecule has 4 nitrogen and oxygen atoms in total. The molecule has 4 heteroatoms. The van der Waals surface area contributed by atoms with Crippen molar-refractivity contribution in [3.63, 3.8) is 0 Å². The van der Waals surface area contributed by atoms with Gasteiger partial charge in [0.25, 0.3) is 5.91 Å². The highest BCUT2D eigenvalue weighted by atomic mass is 16.4. The van der Waals surface area contributed by atoms with E-state index in [0.717, 1.165) is 18.4 Å². The third kappa shape index (κ3) is 2.64. The molecule has 1 aliphatic carbocycles. The van der Waals surface area contributed by atoms with Gasteiger partial charge in [-0.15, -0.1) is 0 Å². The van der Waals surface area contributed by atoms with E-state index in [1.165, 1.54) is 0 Å². The lowest BCUT2D eigenvalue weighted by Gasteiger charge is -2.14. The van der Waals surface area contributed by atoms with Crippen molar-refractivity contribution < 1.29 is 14.7 Å². The molecule has 0 saturated heterocycles. The second-order valence-corrected chi connectivity index (χ2v) is 4.44. The summed E-state index contributed by atoms with van der Waals surface area (Å²) in [6.45, 7) is 1.84. The van der Waals surface area contributed by atoms with Gasteiger partial charge in [-0.25, -0.2) is 4.79 Å². The number of carbonyl (C=O) groups is 2. The first kappa shape index (κ1) is 11.6. The molecule has 0 aromatic heterocycles. The summed E-state index contributed by atoms with van der Waals surface area (Å²) in [7, 11) is 0. The van der Waals surface area contributed by atoms with Gasteiger partial charge in [-0.3, -0.25) is 4.79 Å². The van der Waals surface area contributed by atoms with Crippen molar-refractivity contribution in [3.05, 3.63) is 35.4 Å². The Morgan fingerprint density at radius 1 is 1.35 bits per heavy atom. The van der Waals surface area contributed by atoms with Gasteiger partial charge in [-0.2, -0.15) is 0 Å². The van der Waals surface area contributed by atoms with E-state index < -0.39 is 12.0 Å². The molecule has 1 unspecified atom stereocenters. The van der Waals surface area contributed by atoms with E-state index in [9.17, 15) is 9.59 Å². The highest BCUT2D eigenvalue weighted by Gasteiger charge is 2.37. The first-order chi connectivity index (χ1) is 8.09. The van der Waals surface area contributed by atoms with E-state index >= 15 is 0 Å². The molecular weight excluding hydrogens is 218 g/mol. The van der Waals surface area contributed by atoms with Crippen molar-refractivity contribution in [1.82, 2.24) is 5.32 Å². The van der Waals surface area contributed by atoms with Crippen LogP contribution in [0, 0.1) is 12.8 Å². The van der Waals surface area contributed by atoms with Gasteiger partial charge in [-0.1, -0.05) is 18.2 Å². The van der Waals surface area contributed by atoms with Gasteiger partial charge < -0.3 is 10.4 Å². The molecule has 2 N–H and O–H groups in total. The number of rotatable bonds is 4. The Labute approximate surface area is 99.6 Å². The number of carboxylic acid groups (broad SMARTS) is 1. The number of hydrogen-bond acceptors (Lipinski definition) is 2. The maximum Gasteiger partial charge on any atom is 0.326 e.